The minimum absolute atomic E-state index is 0.221. The first-order chi connectivity index (χ1) is 15.6. The maximum atomic E-state index is 14.5. The molecule has 1 N–H and O–H groups in total. The molecule has 4 aromatic rings. The zero-order valence-corrected chi connectivity index (χ0v) is 19.2. The Balaban J connectivity index is 1.55. The van der Waals surface area contributed by atoms with E-state index >= 15 is 0 Å². The van der Waals surface area contributed by atoms with Crippen molar-refractivity contribution in [2.75, 3.05) is 0 Å². The molecule has 0 unspecified atom stereocenters. The van der Waals surface area contributed by atoms with E-state index in [2.05, 4.69) is 31.2 Å². The zero-order valence-electron chi connectivity index (χ0n) is 16.8. The molecule has 0 radical (unpaired) electrons. The normalized spacial score (nSPS) is 18.1. The van der Waals surface area contributed by atoms with Crippen molar-refractivity contribution in [3.05, 3.63) is 107 Å². The summed E-state index contributed by atoms with van der Waals surface area (Å²) in [7, 11) is 0. The minimum Gasteiger partial charge on any atom is -0.459 e. The van der Waals surface area contributed by atoms with Crippen LogP contribution < -0.4 is 5.32 Å². The largest absolute Gasteiger partial charge is 0.459 e. The van der Waals surface area contributed by atoms with Crippen LogP contribution in [0, 0.1) is 5.82 Å². The van der Waals surface area contributed by atoms with E-state index in [4.69, 9.17) is 16.6 Å². The van der Waals surface area contributed by atoms with E-state index in [0.29, 0.717) is 33.2 Å². The molecule has 160 valence electrons. The van der Waals surface area contributed by atoms with Gasteiger partial charge >= 0.3 is 0 Å². The van der Waals surface area contributed by atoms with E-state index in [0.717, 1.165) is 11.4 Å². The molecule has 4 heterocycles. The second-order valence-electron chi connectivity index (χ2n) is 7.40. The molecule has 1 fully saturated rings. The Hall–Kier alpha value is -3.10. The summed E-state index contributed by atoms with van der Waals surface area (Å²) in [5.41, 5.74) is 2.13. The Morgan fingerprint density at radius 1 is 1.03 bits per heavy atom. The fourth-order valence-electron chi connectivity index (χ4n) is 3.90. The van der Waals surface area contributed by atoms with Gasteiger partial charge in [-0.3, -0.25) is 9.97 Å². The summed E-state index contributed by atoms with van der Waals surface area (Å²) < 4.78 is 21.4. The molecule has 1 saturated heterocycles. The Labute approximate surface area is 198 Å². The molecule has 5 rings (SSSR count). The van der Waals surface area contributed by atoms with Gasteiger partial charge in [-0.1, -0.05) is 28.1 Å². The second-order valence-corrected chi connectivity index (χ2v) is 8.70. The van der Waals surface area contributed by atoms with Crippen LogP contribution in [0.2, 0.25) is 0 Å². The second kappa shape index (κ2) is 8.80. The molecule has 0 aliphatic carbocycles. The highest BCUT2D eigenvalue weighted by Gasteiger charge is 2.41. The molecule has 0 amide bonds. The van der Waals surface area contributed by atoms with E-state index in [1.165, 1.54) is 6.07 Å². The van der Waals surface area contributed by atoms with Gasteiger partial charge in [0, 0.05) is 16.9 Å². The van der Waals surface area contributed by atoms with E-state index in [-0.39, 0.29) is 17.9 Å². The van der Waals surface area contributed by atoms with Crippen LogP contribution in [-0.4, -0.2) is 20.0 Å². The lowest BCUT2D eigenvalue weighted by atomic mass is 10.0. The third-order valence-corrected chi connectivity index (χ3v) is 6.22. The van der Waals surface area contributed by atoms with Crippen molar-refractivity contribution in [3.63, 3.8) is 0 Å². The molecule has 1 aliphatic heterocycles. The molecule has 0 saturated carbocycles. The number of nitrogens with zero attached hydrogens (tertiary/aromatic N) is 3. The van der Waals surface area contributed by atoms with Crippen LogP contribution in [0.5, 0.6) is 0 Å². The molecule has 3 aromatic heterocycles. The lowest BCUT2D eigenvalue weighted by Crippen LogP contribution is -2.29. The number of pyridine rings is 2. The van der Waals surface area contributed by atoms with E-state index in [1.54, 1.807) is 30.6 Å². The molecule has 0 bridgehead atoms. The monoisotopic (exact) mass is 508 g/mol. The third kappa shape index (κ3) is 4.03. The molecular weight excluding hydrogens is 491 g/mol. The standard InChI is InChI=1S/C24H18BrFN4OS/c25-15-7-8-17(18(26)13-15)20-9-10-21(31-20)23-22(19-6-2-4-12-28-19)29-24(32)30(23)14-16-5-1-3-11-27-16/h1-13,22-23H,14H2,(H,29,32)/t22-,23+/m1/s1. The Morgan fingerprint density at radius 2 is 1.84 bits per heavy atom. The fourth-order valence-corrected chi connectivity index (χ4v) is 4.54. The first kappa shape index (κ1) is 20.8. The number of aromatic nitrogens is 2. The molecule has 5 nitrogen and oxygen atoms in total. The summed E-state index contributed by atoms with van der Waals surface area (Å²) >= 11 is 8.98. The van der Waals surface area contributed by atoms with Gasteiger partial charge in [-0.15, -0.1) is 0 Å². The summed E-state index contributed by atoms with van der Waals surface area (Å²) in [6, 6.07) is 19.6. The van der Waals surface area contributed by atoms with Crippen LogP contribution in [0.15, 0.2) is 88.0 Å². The summed E-state index contributed by atoms with van der Waals surface area (Å²) in [4.78, 5) is 11.0. The van der Waals surface area contributed by atoms with Gasteiger partial charge in [-0.05, 0) is 66.8 Å². The van der Waals surface area contributed by atoms with Crippen molar-refractivity contribution in [3.8, 4) is 11.3 Å². The van der Waals surface area contributed by atoms with E-state index < -0.39 is 0 Å². The number of hydrogen-bond donors (Lipinski definition) is 1. The highest BCUT2D eigenvalue weighted by molar-refractivity contribution is 9.10. The number of benzene rings is 1. The van der Waals surface area contributed by atoms with Gasteiger partial charge in [0.1, 0.15) is 23.4 Å². The molecule has 1 aliphatic rings. The van der Waals surface area contributed by atoms with Gasteiger partial charge in [0.25, 0.3) is 0 Å². The van der Waals surface area contributed by atoms with Crippen LogP contribution in [0.1, 0.15) is 29.2 Å². The Bertz CT molecular complexity index is 1250. The first-order valence-corrected chi connectivity index (χ1v) is 11.2. The van der Waals surface area contributed by atoms with Gasteiger partial charge in [0.2, 0.25) is 0 Å². The molecule has 8 heteroatoms. The highest BCUT2D eigenvalue weighted by Crippen LogP contribution is 2.41. The predicted molar refractivity (Wildman–Crippen MR) is 127 cm³/mol. The van der Waals surface area contributed by atoms with E-state index in [1.807, 2.05) is 47.4 Å². The number of halogens is 2. The minimum atomic E-state index is -0.355. The van der Waals surface area contributed by atoms with Gasteiger partial charge in [0.05, 0.1) is 29.5 Å². The molecule has 2 atom stereocenters. The van der Waals surface area contributed by atoms with Gasteiger partial charge in [-0.25, -0.2) is 4.39 Å². The average Bonchev–Trinajstić information content (AvgIpc) is 3.40. The first-order valence-electron chi connectivity index (χ1n) is 10.0. The maximum Gasteiger partial charge on any atom is 0.170 e. The molecule has 0 spiro atoms. The van der Waals surface area contributed by atoms with Crippen molar-refractivity contribution in [2.24, 2.45) is 0 Å². The van der Waals surface area contributed by atoms with Crippen LogP contribution >= 0.6 is 28.1 Å². The third-order valence-electron chi connectivity index (χ3n) is 5.37. The van der Waals surface area contributed by atoms with Gasteiger partial charge in [-0.2, -0.15) is 0 Å². The Morgan fingerprint density at radius 3 is 2.56 bits per heavy atom. The van der Waals surface area contributed by atoms with Gasteiger partial charge in [0.15, 0.2) is 5.11 Å². The summed E-state index contributed by atoms with van der Waals surface area (Å²) in [5.74, 6) is 0.772. The van der Waals surface area contributed by atoms with Crippen molar-refractivity contribution >= 4 is 33.3 Å². The molecule has 1 aromatic carbocycles. The van der Waals surface area contributed by atoms with Crippen molar-refractivity contribution < 1.29 is 8.81 Å². The topological polar surface area (TPSA) is 54.2 Å². The smallest absolute Gasteiger partial charge is 0.170 e. The number of hydrogen-bond acceptors (Lipinski definition) is 4. The van der Waals surface area contributed by atoms with E-state index in [9.17, 15) is 4.39 Å². The van der Waals surface area contributed by atoms with Crippen LogP contribution in [0.4, 0.5) is 4.39 Å². The van der Waals surface area contributed by atoms with Crippen LogP contribution in [0.25, 0.3) is 11.3 Å². The summed E-state index contributed by atoms with van der Waals surface area (Å²) in [6.07, 6.45) is 3.51. The maximum absolute atomic E-state index is 14.5. The lowest BCUT2D eigenvalue weighted by Gasteiger charge is -2.25. The van der Waals surface area contributed by atoms with Gasteiger partial charge < -0.3 is 14.6 Å². The number of thiocarbonyl (C=S) groups is 1. The van der Waals surface area contributed by atoms with Crippen molar-refractivity contribution in [1.29, 1.82) is 0 Å². The number of nitrogens with one attached hydrogen (secondary N) is 1. The molecule has 32 heavy (non-hydrogen) atoms. The highest BCUT2D eigenvalue weighted by atomic mass is 79.9. The molecular formula is C24H18BrFN4OS. The quantitative estimate of drug-likeness (QED) is 0.343. The number of furan rings is 1. The summed E-state index contributed by atoms with van der Waals surface area (Å²) in [5, 5.41) is 3.97. The van der Waals surface area contributed by atoms with Crippen molar-refractivity contribution in [1.82, 2.24) is 20.2 Å². The zero-order chi connectivity index (χ0) is 22.1. The number of rotatable bonds is 5. The van der Waals surface area contributed by atoms with Crippen LogP contribution in [0.3, 0.4) is 0 Å². The SMILES string of the molecule is Fc1cc(Br)ccc1-c1ccc([C@H]2[C@@H](c3ccccn3)NC(=S)N2Cc2ccccn2)o1. The van der Waals surface area contributed by atoms with Crippen LogP contribution in [-0.2, 0) is 6.54 Å². The summed E-state index contributed by atoms with van der Waals surface area (Å²) in [6.45, 7) is 0.503. The Kier molecular flexibility index (Phi) is 5.71. The predicted octanol–water partition coefficient (Wildman–Crippen LogP) is 5.81. The fraction of sp³-hybridized carbons (Fsp3) is 0.125. The lowest BCUT2D eigenvalue weighted by molar-refractivity contribution is 0.267. The van der Waals surface area contributed by atoms with Crippen molar-refractivity contribution in [2.45, 2.75) is 18.6 Å². The average molecular weight is 509 g/mol.